The van der Waals surface area contributed by atoms with Crippen LogP contribution in [0.4, 0.5) is 5.69 Å². The molecule has 0 saturated carbocycles. The molecule has 13 heteroatoms. The maximum atomic E-state index is 12.6. The number of aromatic carboxylic acids is 1. The van der Waals surface area contributed by atoms with Crippen LogP contribution in [0.2, 0.25) is 10.0 Å². The number of aromatic nitrogens is 5. The molecule has 0 saturated heterocycles. The van der Waals surface area contributed by atoms with Crippen LogP contribution >= 0.6 is 23.2 Å². The first-order valence-electron chi connectivity index (χ1n) is 10.7. The van der Waals surface area contributed by atoms with E-state index in [1.807, 2.05) is 0 Å². The minimum Gasteiger partial charge on any atom is -0.494 e. The van der Waals surface area contributed by atoms with Crippen molar-refractivity contribution in [2.75, 3.05) is 19.5 Å². The van der Waals surface area contributed by atoms with Crippen molar-refractivity contribution in [2.45, 2.75) is 0 Å². The maximum absolute atomic E-state index is 12.6. The van der Waals surface area contributed by atoms with Gasteiger partial charge in [-0.1, -0.05) is 23.2 Å². The molecule has 192 valence electrons. The van der Waals surface area contributed by atoms with Crippen LogP contribution in [0.5, 0.6) is 11.5 Å². The number of rotatable bonds is 5. The number of carbonyl (C=O) groups excluding carboxylic acids is 1. The molecule has 2 aromatic carbocycles. The van der Waals surface area contributed by atoms with E-state index in [0.29, 0.717) is 44.8 Å². The lowest BCUT2D eigenvalue weighted by molar-refractivity contribution is 0.0698. The Kier molecular flexibility index (Phi) is 8.09. The van der Waals surface area contributed by atoms with Gasteiger partial charge in [0.1, 0.15) is 33.6 Å². The van der Waals surface area contributed by atoms with Crippen molar-refractivity contribution in [3.8, 4) is 11.5 Å². The summed E-state index contributed by atoms with van der Waals surface area (Å²) in [6.45, 7) is 0. The fourth-order valence-electron chi connectivity index (χ4n) is 3.46. The molecule has 5 rings (SSSR count). The second-order valence-corrected chi connectivity index (χ2v) is 8.19. The maximum Gasteiger partial charge on any atom is 0.337 e. The molecule has 0 bridgehead atoms. The van der Waals surface area contributed by atoms with E-state index in [0.717, 1.165) is 0 Å². The first kappa shape index (κ1) is 26.5. The van der Waals surface area contributed by atoms with E-state index < -0.39 is 11.9 Å². The number of nitrogens with one attached hydrogen (secondary N) is 1. The fraction of sp³-hybridized carbons (Fsp3) is 0.0800. The standard InChI is InChI=1S/C15H10Cl2N4O2.C10H8N2O3/c1-23-11-3-2-8(12-14(11)20-5-4-19-12)15(22)21-13-9(16)6-18-7-10(13)17;1-15-7-3-2-6(10(13)14)8-9(7)12-5-4-11-8/h2-7H,1H3,(H,18,21,22);2-5H,1H3,(H,13,14). The van der Waals surface area contributed by atoms with E-state index in [1.165, 1.54) is 57.5 Å². The van der Waals surface area contributed by atoms with Crippen LogP contribution in [0.3, 0.4) is 0 Å². The third kappa shape index (κ3) is 5.38. The number of ether oxygens (including phenoxy) is 2. The zero-order chi connectivity index (χ0) is 27.2. The van der Waals surface area contributed by atoms with Gasteiger partial charge in [0.25, 0.3) is 5.91 Å². The van der Waals surface area contributed by atoms with Crippen molar-refractivity contribution >= 4 is 62.8 Å². The quantitative estimate of drug-likeness (QED) is 0.307. The Balaban J connectivity index is 0.000000194. The van der Waals surface area contributed by atoms with Crippen LogP contribution in [-0.4, -0.2) is 56.1 Å². The molecule has 3 aromatic heterocycles. The summed E-state index contributed by atoms with van der Waals surface area (Å²) in [5, 5.41) is 12.1. The van der Waals surface area contributed by atoms with Crippen LogP contribution in [0.1, 0.15) is 20.7 Å². The molecule has 5 aromatic rings. The number of fused-ring (bicyclic) bond motifs is 2. The van der Waals surface area contributed by atoms with Crippen molar-refractivity contribution in [1.29, 1.82) is 0 Å². The molecule has 0 atom stereocenters. The topological polar surface area (TPSA) is 149 Å². The molecular weight excluding hydrogens is 535 g/mol. The van der Waals surface area contributed by atoms with Crippen LogP contribution in [-0.2, 0) is 0 Å². The summed E-state index contributed by atoms with van der Waals surface area (Å²) in [5.41, 5.74) is 2.46. The van der Waals surface area contributed by atoms with Crippen molar-refractivity contribution in [2.24, 2.45) is 0 Å². The van der Waals surface area contributed by atoms with Crippen LogP contribution in [0.25, 0.3) is 22.1 Å². The lowest BCUT2D eigenvalue weighted by Gasteiger charge is -2.11. The summed E-state index contributed by atoms with van der Waals surface area (Å²) < 4.78 is 10.3. The van der Waals surface area contributed by atoms with Gasteiger partial charge in [0, 0.05) is 37.2 Å². The molecule has 2 N–H and O–H groups in total. The molecule has 38 heavy (non-hydrogen) atoms. The number of carbonyl (C=O) groups is 2. The number of pyridine rings is 1. The predicted octanol–water partition coefficient (Wildman–Crippen LogP) is 4.93. The fourth-order valence-corrected chi connectivity index (χ4v) is 3.92. The second kappa shape index (κ2) is 11.6. The third-order valence-corrected chi connectivity index (χ3v) is 5.76. The highest BCUT2D eigenvalue weighted by Gasteiger charge is 2.17. The smallest absolute Gasteiger partial charge is 0.337 e. The lowest BCUT2D eigenvalue weighted by atomic mass is 10.1. The highest BCUT2D eigenvalue weighted by atomic mass is 35.5. The average Bonchev–Trinajstić information content (AvgIpc) is 2.94. The number of carboxylic acid groups (broad SMARTS) is 1. The number of hydrogen-bond acceptors (Lipinski definition) is 9. The monoisotopic (exact) mass is 552 g/mol. The molecule has 3 heterocycles. The Morgan fingerprint density at radius 2 is 1.18 bits per heavy atom. The zero-order valence-corrected chi connectivity index (χ0v) is 21.4. The number of benzene rings is 2. The predicted molar refractivity (Wildman–Crippen MR) is 141 cm³/mol. The molecule has 1 amide bonds. The van der Waals surface area contributed by atoms with Gasteiger partial charge in [0.05, 0.1) is 41.1 Å². The molecule has 0 fully saturated rings. The number of methoxy groups -OCH3 is 2. The molecule has 0 radical (unpaired) electrons. The number of carboxylic acids is 1. The molecule has 11 nitrogen and oxygen atoms in total. The molecule has 0 aliphatic rings. The first-order valence-corrected chi connectivity index (χ1v) is 11.5. The van der Waals surface area contributed by atoms with E-state index in [1.54, 1.807) is 18.2 Å². The average molecular weight is 553 g/mol. The summed E-state index contributed by atoms with van der Waals surface area (Å²) in [5.74, 6) is -0.385. The van der Waals surface area contributed by atoms with Crippen LogP contribution in [0, 0.1) is 0 Å². The van der Waals surface area contributed by atoms with Crippen molar-refractivity contribution < 1.29 is 24.2 Å². The molecule has 0 spiro atoms. The molecule has 0 aliphatic carbocycles. The second-order valence-electron chi connectivity index (χ2n) is 7.38. The highest BCUT2D eigenvalue weighted by Crippen LogP contribution is 2.31. The number of amides is 1. The Bertz CT molecular complexity index is 1650. The minimum atomic E-state index is -1.02. The summed E-state index contributed by atoms with van der Waals surface area (Å²) in [6.07, 6.45) is 8.78. The Morgan fingerprint density at radius 3 is 1.66 bits per heavy atom. The van der Waals surface area contributed by atoms with E-state index in [-0.39, 0.29) is 15.6 Å². The van der Waals surface area contributed by atoms with Crippen molar-refractivity contribution in [3.05, 3.63) is 82.6 Å². The van der Waals surface area contributed by atoms with E-state index in [2.05, 4.69) is 30.2 Å². The van der Waals surface area contributed by atoms with Gasteiger partial charge >= 0.3 is 5.97 Å². The van der Waals surface area contributed by atoms with Crippen molar-refractivity contribution in [3.63, 3.8) is 0 Å². The van der Waals surface area contributed by atoms with Gasteiger partial charge in [-0.05, 0) is 24.3 Å². The van der Waals surface area contributed by atoms with Crippen LogP contribution < -0.4 is 14.8 Å². The lowest BCUT2D eigenvalue weighted by Crippen LogP contribution is -2.14. The summed E-state index contributed by atoms with van der Waals surface area (Å²) >= 11 is 12.0. The van der Waals surface area contributed by atoms with E-state index >= 15 is 0 Å². The van der Waals surface area contributed by atoms with Gasteiger partial charge < -0.3 is 19.9 Å². The van der Waals surface area contributed by atoms with Crippen molar-refractivity contribution in [1.82, 2.24) is 24.9 Å². The number of anilines is 1. The molecule has 0 aliphatic heterocycles. The van der Waals surface area contributed by atoms with E-state index in [4.69, 9.17) is 37.8 Å². The third-order valence-electron chi connectivity index (χ3n) is 5.18. The van der Waals surface area contributed by atoms with Gasteiger partial charge in [-0.25, -0.2) is 14.8 Å². The molecular formula is C25H18Cl2N6O5. The van der Waals surface area contributed by atoms with Gasteiger partial charge in [-0.15, -0.1) is 0 Å². The van der Waals surface area contributed by atoms with Gasteiger partial charge in [0.2, 0.25) is 0 Å². The summed E-state index contributed by atoms with van der Waals surface area (Å²) in [7, 11) is 3.03. The largest absolute Gasteiger partial charge is 0.494 e. The Morgan fingerprint density at radius 1 is 0.737 bits per heavy atom. The number of halogens is 2. The zero-order valence-electron chi connectivity index (χ0n) is 19.8. The number of hydrogen-bond donors (Lipinski definition) is 2. The van der Waals surface area contributed by atoms with Gasteiger partial charge in [-0.2, -0.15) is 0 Å². The highest BCUT2D eigenvalue weighted by molar-refractivity contribution is 6.39. The molecule has 0 unspecified atom stereocenters. The first-order chi connectivity index (χ1) is 18.3. The summed E-state index contributed by atoms with van der Waals surface area (Å²) in [4.78, 5) is 43.8. The number of nitrogens with zero attached hydrogens (tertiary/aromatic N) is 5. The van der Waals surface area contributed by atoms with E-state index in [9.17, 15) is 9.59 Å². The van der Waals surface area contributed by atoms with Gasteiger partial charge in [-0.3, -0.25) is 19.7 Å². The SMILES string of the molecule is COc1ccc(C(=O)Nc2c(Cl)cncc2Cl)c2nccnc12.COc1ccc(C(=O)O)c2nccnc12. The Labute approximate surface area is 225 Å². The van der Waals surface area contributed by atoms with Crippen LogP contribution in [0.15, 0.2) is 61.4 Å². The van der Waals surface area contributed by atoms with Gasteiger partial charge in [0.15, 0.2) is 0 Å². The Hall–Kier alpha value is -4.61. The summed E-state index contributed by atoms with van der Waals surface area (Å²) in [6, 6.07) is 6.29. The minimum absolute atomic E-state index is 0.124. The normalized spacial score (nSPS) is 10.4.